The minimum atomic E-state index is -1.31. The molecule has 3 rings (SSSR count). The molecule has 1 aliphatic rings. The topological polar surface area (TPSA) is 62.8 Å². The molecule has 0 bridgehead atoms. The van der Waals surface area contributed by atoms with Crippen molar-refractivity contribution in [1.29, 1.82) is 0 Å². The maximum absolute atomic E-state index is 14.7. The largest absolute Gasteiger partial charge is 0.501 e. The van der Waals surface area contributed by atoms with Gasteiger partial charge in [0.2, 0.25) is 0 Å². The molecule has 1 aliphatic heterocycles. The first-order valence-electron chi connectivity index (χ1n) is 9.68. The lowest BCUT2D eigenvalue weighted by Gasteiger charge is -2.32. The van der Waals surface area contributed by atoms with Crippen LogP contribution in [0.5, 0.6) is 0 Å². The van der Waals surface area contributed by atoms with Crippen molar-refractivity contribution in [3.63, 3.8) is 0 Å². The summed E-state index contributed by atoms with van der Waals surface area (Å²) < 4.78 is 52.9. The highest BCUT2D eigenvalue weighted by Crippen LogP contribution is 2.37. The van der Waals surface area contributed by atoms with Gasteiger partial charge in [-0.2, -0.15) is 0 Å². The van der Waals surface area contributed by atoms with Crippen molar-refractivity contribution in [3.05, 3.63) is 28.3 Å². The van der Waals surface area contributed by atoms with Gasteiger partial charge in [-0.1, -0.05) is 19.6 Å². The summed E-state index contributed by atoms with van der Waals surface area (Å²) in [7, 11) is -2.44. The summed E-state index contributed by atoms with van der Waals surface area (Å²) >= 11 is 0. The first kappa shape index (κ1) is 22.2. The lowest BCUT2D eigenvalue weighted by Crippen LogP contribution is -2.41. The van der Waals surface area contributed by atoms with Crippen LogP contribution >= 0.6 is 0 Å². The third-order valence-corrected chi connectivity index (χ3v) is 7.29. The Hall–Kier alpha value is -1.49. The van der Waals surface area contributed by atoms with Crippen molar-refractivity contribution in [3.8, 4) is 0 Å². The SMILES string of the molecule is CC1(C)OB(c2c(F)cc(F)c3c2oc(=O)n3COCC[Si](C)(C)C)OC1(C)C. The highest BCUT2D eigenvalue weighted by Gasteiger charge is 2.53. The third-order valence-electron chi connectivity index (χ3n) is 5.58. The van der Waals surface area contributed by atoms with Crippen LogP contribution in [0, 0.1) is 11.6 Å². The Labute approximate surface area is 170 Å². The van der Waals surface area contributed by atoms with Crippen LogP contribution < -0.4 is 11.2 Å². The second-order valence-corrected chi connectivity index (χ2v) is 15.3. The molecule has 0 amide bonds. The number of hydrogen-bond acceptors (Lipinski definition) is 5. The van der Waals surface area contributed by atoms with E-state index < -0.39 is 43.8 Å². The molecule has 10 heteroatoms. The summed E-state index contributed by atoms with van der Waals surface area (Å²) in [5.74, 6) is -2.62. The predicted octanol–water partition coefficient (Wildman–Crippen LogP) is 3.48. The van der Waals surface area contributed by atoms with Gasteiger partial charge in [-0.15, -0.1) is 0 Å². The number of nitrogens with zero attached hydrogens (tertiary/aromatic N) is 1. The summed E-state index contributed by atoms with van der Waals surface area (Å²) in [5.41, 5.74) is -1.96. The zero-order valence-corrected chi connectivity index (χ0v) is 19.0. The van der Waals surface area contributed by atoms with E-state index in [1.165, 1.54) is 0 Å². The van der Waals surface area contributed by atoms with Gasteiger partial charge in [0.1, 0.15) is 18.1 Å². The fourth-order valence-electron chi connectivity index (χ4n) is 3.02. The van der Waals surface area contributed by atoms with E-state index in [9.17, 15) is 13.6 Å². The molecule has 2 aromatic rings. The van der Waals surface area contributed by atoms with Crippen LogP contribution in [-0.2, 0) is 20.8 Å². The molecule has 29 heavy (non-hydrogen) atoms. The lowest BCUT2D eigenvalue weighted by molar-refractivity contribution is 0.00578. The number of hydrogen-bond donors (Lipinski definition) is 0. The van der Waals surface area contributed by atoms with Crippen LogP contribution in [0.4, 0.5) is 8.78 Å². The van der Waals surface area contributed by atoms with Gasteiger partial charge < -0.3 is 18.5 Å². The number of ether oxygens (including phenoxy) is 1. The van der Waals surface area contributed by atoms with E-state index in [2.05, 4.69) is 19.6 Å². The van der Waals surface area contributed by atoms with Crippen LogP contribution in [0.1, 0.15) is 27.7 Å². The van der Waals surface area contributed by atoms with Gasteiger partial charge in [0.05, 0.1) is 16.7 Å². The van der Waals surface area contributed by atoms with Gasteiger partial charge in [-0.25, -0.2) is 18.1 Å². The Balaban J connectivity index is 1.99. The minimum absolute atomic E-state index is 0.127. The summed E-state index contributed by atoms with van der Waals surface area (Å²) in [4.78, 5) is 12.4. The number of rotatable bonds is 6. The Morgan fingerprint density at radius 3 is 2.24 bits per heavy atom. The fourth-order valence-corrected chi connectivity index (χ4v) is 3.78. The summed E-state index contributed by atoms with van der Waals surface area (Å²) in [6, 6.07) is 1.62. The molecule has 0 radical (unpaired) electrons. The van der Waals surface area contributed by atoms with Gasteiger partial charge in [0.25, 0.3) is 0 Å². The quantitative estimate of drug-likeness (QED) is 0.522. The van der Waals surface area contributed by atoms with E-state index in [4.69, 9.17) is 18.5 Å². The van der Waals surface area contributed by atoms with E-state index in [0.717, 1.165) is 16.7 Å². The van der Waals surface area contributed by atoms with E-state index in [-0.39, 0.29) is 23.3 Å². The van der Waals surface area contributed by atoms with Gasteiger partial charge in [-0.05, 0) is 33.7 Å². The van der Waals surface area contributed by atoms with Crippen molar-refractivity contribution in [2.75, 3.05) is 6.61 Å². The monoisotopic (exact) mass is 427 g/mol. The minimum Gasteiger partial charge on any atom is -0.408 e. The van der Waals surface area contributed by atoms with Crippen molar-refractivity contribution in [1.82, 2.24) is 4.57 Å². The molecule has 0 aliphatic carbocycles. The molecule has 2 heterocycles. The number of halogens is 2. The molecule has 1 aromatic heterocycles. The fraction of sp³-hybridized carbons (Fsp3) is 0.632. The average molecular weight is 427 g/mol. The summed E-state index contributed by atoms with van der Waals surface area (Å²) in [6.45, 7) is 14.2. The highest BCUT2D eigenvalue weighted by molar-refractivity contribution is 6.76. The molecule has 1 fully saturated rings. The molecular formula is C19H28BF2NO5Si. The van der Waals surface area contributed by atoms with Crippen molar-refractivity contribution in [2.24, 2.45) is 0 Å². The van der Waals surface area contributed by atoms with Crippen LogP contribution in [0.2, 0.25) is 25.7 Å². The molecule has 0 spiro atoms. The first-order chi connectivity index (χ1) is 13.2. The van der Waals surface area contributed by atoms with Crippen LogP contribution in [0.25, 0.3) is 11.1 Å². The first-order valence-corrected chi connectivity index (χ1v) is 13.4. The summed E-state index contributed by atoms with van der Waals surface area (Å²) in [6.07, 6.45) is 0. The molecule has 0 atom stereocenters. The van der Waals surface area contributed by atoms with E-state index in [1.807, 2.05) is 27.7 Å². The second-order valence-electron chi connectivity index (χ2n) is 9.66. The van der Waals surface area contributed by atoms with Crippen molar-refractivity contribution >= 4 is 31.8 Å². The van der Waals surface area contributed by atoms with Crippen molar-refractivity contribution in [2.45, 2.75) is 71.3 Å². The van der Waals surface area contributed by atoms with Gasteiger partial charge in [0.15, 0.2) is 11.4 Å². The van der Waals surface area contributed by atoms with Gasteiger partial charge in [-0.3, -0.25) is 0 Å². The third kappa shape index (κ3) is 4.21. The molecular weight excluding hydrogens is 399 g/mol. The molecule has 0 N–H and O–H groups in total. The number of oxazole rings is 1. The normalized spacial score (nSPS) is 18.7. The standard InChI is InChI=1S/C19H28BF2NO5Si/c1-18(2)19(3,4)28-20(27-18)14-12(21)10-13(22)15-16(14)26-17(24)23(15)11-25-8-9-29(5,6)7/h10H,8-9,11H2,1-7H3. The van der Waals surface area contributed by atoms with E-state index in [1.54, 1.807) is 0 Å². The zero-order valence-electron chi connectivity index (χ0n) is 18.0. The predicted molar refractivity (Wildman–Crippen MR) is 110 cm³/mol. The van der Waals surface area contributed by atoms with Gasteiger partial charge in [0, 0.05) is 20.7 Å². The second kappa shape index (κ2) is 7.33. The number of aromatic nitrogens is 1. The van der Waals surface area contributed by atoms with Gasteiger partial charge >= 0.3 is 12.9 Å². The summed E-state index contributed by atoms with van der Waals surface area (Å²) in [5, 5.41) is 0. The number of benzene rings is 1. The number of fused-ring (bicyclic) bond motifs is 1. The molecule has 0 saturated carbocycles. The van der Waals surface area contributed by atoms with Crippen LogP contribution in [-0.4, -0.2) is 37.6 Å². The molecule has 160 valence electrons. The maximum Gasteiger partial charge on any atom is 0.501 e. The Kier molecular flexibility index (Phi) is 5.61. The van der Waals surface area contributed by atoms with Crippen LogP contribution in [0.15, 0.2) is 15.3 Å². The average Bonchev–Trinajstić information content (AvgIpc) is 2.96. The lowest BCUT2D eigenvalue weighted by atomic mass is 9.78. The molecule has 1 saturated heterocycles. The van der Waals surface area contributed by atoms with E-state index in [0.29, 0.717) is 6.61 Å². The van der Waals surface area contributed by atoms with Crippen LogP contribution in [0.3, 0.4) is 0 Å². The molecule has 1 aromatic carbocycles. The van der Waals surface area contributed by atoms with Crippen molar-refractivity contribution < 1.29 is 27.2 Å². The Morgan fingerprint density at radius 1 is 1.10 bits per heavy atom. The smallest absolute Gasteiger partial charge is 0.408 e. The Morgan fingerprint density at radius 2 is 1.69 bits per heavy atom. The zero-order chi connectivity index (χ0) is 21.8. The maximum atomic E-state index is 14.7. The molecule has 6 nitrogen and oxygen atoms in total. The highest BCUT2D eigenvalue weighted by atomic mass is 28.3. The molecule has 0 unspecified atom stereocenters. The van der Waals surface area contributed by atoms with E-state index >= 15 is 0 Å². The Bertz CT molecular complexity index is 964.